The number of ether oxygens (including phenoxy) is 1. The maximum Gasteiger partial charge on any atom is 0.125 e. The van der Waals surface area contributed by atoms with Crippen molar-refractivity contribution in [3.63, 3.8) is 0 Å². The van der Waals surface area contributed by atoms with Gasteiger partial charge in [0.1, 0.15) is 5.75 Å². The second kappa shape index (κ2) is 5.01. The zero-order valence-electron chi connectivity index (χ0n) is 11.6. The lowest BCUT2D eigenvalue weighted by Crippen LogP contribution is -2.32. The van der Waals surface area contributed by atoms with Crippen molar-refractivity contribution in [3.05, 3.63) is 27.7 Å². The van der Waals surface area contributed by atoms with Gasteiger partial charge in [-0.3, -0.25) is 0 Å². The molecular weight excluding hydrogens is 380 g/mol. The highest BCUT2D eigenvalue weighted by Gasteiger charge is 2.50. The van der Waals surface area contributed by atoms with Crippen LogP contribution in [0.4, 0.5) is 0 Å². The molecule has 3 unspecified atom stereocenters. The van der Waals surface area contributed by atoms with Crippen LogP contribution in [0.2, 0.25) is 0 Å². The second-order valence-corrected chi connectivity index (χ2v) is 8.38. The molecule has 1 aromatic carbocycles. The van der Waals surface area contributed by atoms with Crippen LogP contribution >= 0.6 is 31.9 Å². The van der Waals surface area contributed by atoms with Crippen molar-refractivity contribution in [2.75, 3.05) is 11.9 Å². The summed E-state index contributed by atoms with van der Waals surface area (Å²) in [4.78, 5) is 0. The maximum absolute atomic E-state index is 5.93. The minimum Gasteiger partial charge on any atom is -0.493 e. The lowest BCUT2D eigenvalue weighted by molar-refractivity contribution is 0.194. The molecule has 0 aromatic heterocycles. The highest BCUT2D eigenvalue weighted by atomic mass is 79.9. The Morgan fingerprint density at radius 1 is 1.30 bits per heavy atom. The van der Waals surface area contributed by atoms with Gasteiger partial charge in [0, 0.05) is 16.2 Å². The Hall–Kier alpha value is -0.0200. The molecule has 1 heterocycles. The summed E-state index contributed by atoms with van der Waals surface area (Å²) in [5.41, 5.74) is 3.30. The van der Waals surface area contributed by atoms with Crippen molar-refractivity contribution in [2.24, 2.45) is 17.3 Å². The molecule has 2 aliphatic carbocycles. The molecule has 0 spiro atoms. The standard InChI is InChI=1S/C17H20Br2O/c18-10-17(8-11-1-2-14(17)5-11)9-13-7-15(19)6-12-3-4-20-16(12)13/h6-7,11,14H,1-5,8-10H2. The van der Waals surface area contributed by atoms with Crippen molar-refractivity contribution in [1.29, 1.82) is 0 Å². The van der Waals surface area contributed by atoms with Gasteiger partial charge in [-0.2, -0.15) is 0 Å². The van der Waals surface area contributed by atoms with Gasteiger partial charge >= 0.3 is 0 Å². The first-order valence-electron chi connectivity index (χ1n) is 7.70. The molecule has 3 atom stereocenters. The van der Waals surface area contributed by atoms with E-state index in [-0.39, 0.29) is 0 Å². The summed E-state index contributed by atoms with van der Waals surface area (Å²) in [5, 5.41) is 1.14. The Morgan fingerprint density at radius 3 is 2.90 bits per heavy atom. The Morgan fingerprint density at radius 2 is 2.20 bits per heavy atom. The van der Waals surface area contributed by atoms with E-state index in [2.05, 4.69) is 44.0 Å². The van der Waals surface area contributed by atoms with Gasteiger partial charge in [0.05, 0.1) is 6.61 Å². The first kappa shape index (κ1) is 13.6. The summed E-state index contributed by atoms with van der Waals surface area (Å²) < 4.78 is 7.14. The fraction of sp³-hybridized carbons (Fsp3) is 0.647. The maximum atomic E-state index is 5.93. The number of halogens is 2. The number of alkyl halides is 1. The zero-order valence-corrected chi connectivity index (χ0v) is 14.8. The van der Waals surface area contributed by atoms with Gasteiger partial charge < -0.3 is 4.74 Å². The molecular formula is C17H20Br2O. The number of hydrogen-bond donors (Lipinski definition) is 0. The number of rotatable bonds is 3. The smallest absolute Gasteiger partial charge is 0.125 e. The highest BCUT2D eigenvalue weighted by molar-refractivity contribution is 9.10. The van der Waals surface area contributed by atoms with Crippen molar-refractivity contribution >= 4 is 31.9 Å². The van der Waals surface area contributed by atoms with E-state index in [1.54, 1.807) is 0 Å². The first-order valence-corrected chi connectivity index (χ1v) is 9.62. The Bertz CT molecular complexity index is 542. The van der Waals surface area contributed by atoms with E-state index in [9.17, 15) is 0 Å². The lowest BCUT2D eigenvalue weighted by Gasteiger charge is -2.37. The summed E-state index contributed by atoms with van der Waals surface area (Å²) in [6, 6.07) is 4.52. The molecule has 0 N–H and O–H groups in total. The predicted octanol–water partition coefficient (Wildman–Crippen LogP) is 5.13. The molecule has 4 rings (SSSR count). The minimum absolute atomic E-state index is 0.476. The molecule has 1 aromatic rings. The predicted molar refractivity (Wildman–Crippen MR) is 88.7 cm³/mol. The molecule has 3 aliphatic rings. The quantitative estimate of drug-likeness (QED) is 0.640. The summed E-state index contributed by atoms with van der Waals surface area (Å²) in [6.45, 7) is 0.853. The van der Waals surface area contributed by atoms with Gasteiger partial charge in [-0.25, -0.2) is 0 Å². The Kier molecular flexibility index (Phi) is 3.42. The third-order valence-corrected chi connectivity index (χ3v) is 7.31. The SMILES string of the molecule is BrCC1(Cc2cc(Br)cc3c2OCC3)CC2CCC1C2. The van der Waals surface area contributed by atoms with Crippen LogP contribution in [-0.4, -0.2) is 11.9 Å². The molecule has 2 saturated carbocycles. The third kappa shape index (κ3) is 2.08. The van der Waals surface area contributed by atoms with Gasteiger partial charge in [0.2, 0.25) is 0 Å². The van der Waals surface area contributed by atoms with Gasteiger partial charge in [-0.15, -0.1) is 0 Å². The Labute approximate surface area is 137 Å². The molecule has 1 aliphatic heterocycles. The van der Waals surface area contributed by atoms with Crippen LogP contribution in [0.15, 0.2) is 16.6 Å². The van der Waals surface area contributed by atoms with Crippen LogP contribution in [0.1, 0.15) is 36.8 Å². The van der Waals surface area contributed by atoms with Crippen molar-refractivity contribution in [3.8, 4) is 5.75 Å². The zero-order chi connectivity index (χ0) is 13.7. The normalized spacial score (nSPS) is 34.3. The van der Waals surface area contributed by atoms with E-state index in [0.29, 0.717) is 5.41 Å². The van der Waals surface area contributed by atoms with Crippen LogP contribution in [-0.2, 0) is 12.8 Å². The summed E-state index contributed by atoms with van der Waals surface area (Å²) in [6.07, 6.45) is 8.02. The number of hydrogen-bond acceptors (Lipinski definition) is 1. The van der Waals surface area contributed by atoms with Gasteiger partial charge in [0.25, 0.3) is 0 Å². The largest absolute Gasteiger partial charge is 0.493 e. The molecule has 2 bridgehead atoms. The third-order valence-electron chi connectivity index (χ3n) is 5.74. The van der Waals surface area contributed by atoms with Crippen LogP contribution in [0.3, 0.4) is 0 Å². The monoisotopic (exact) mass is 398 g/mol. The summed E-state index contributed by atoms with van der Waals surface area (Å²) in [5.74, 6) is 3.10. The van der Waals surface area contributed by atoms with E-state index in [0.717, 1.165) is 30.2 Å². The first-order chi connectivity index (χ1) is 9.70. The minimum atomic E-state index is 0.476. The van der Waals surface area contributed by atoms with Gasteiger partial charge in [0.15, 0.2) is 0 Å². The molecule has 2 fully saturated rings. The average Bonchev–Trinajstić information content (AvgIpc) is 3.12. The van der Waals surface area contributed by atoms with Crippen LogP contribution in [0.25, 0.3) is 0 Å². The van der Waals surface area contributed by atoms with Crippen LogP contribution in [0.5, 0.6) is 5.75 Å². The molecule has 3 heteroatoms. The molecule has 108 valence electrons. The lowest BCUT2D eigenvalue weighted by atomic mass is 9.70. The Balaban J connectivity index is 1.69. The average molecular weight is 400 g/mol. The van der Waals surface area contributed by atoms with Crippen LogP contribution < -0.4 is 4.74 Å². The van der Waals surface area contributed by atoms with Crippen molar-refractivity contribution in [2.45, 2.75) is 38.5 Å². The van der Waals surface area contributed by atoms with E-state index in [4.69, 9.17) is 4.74 Å². The molecule has 20 heavy (non-hydrogen) atoms. The van der Waals surface area contributed by atoms with E-state index in [1.165, 1.54) is 53.5 Å². The fourth-order valence-corrected chi connectivity index (χ4v) is 6.28. The summed E-state index contributed by atoms with van der Waals surface area (Å²) >= 11 is 7.52. The molecule has 0 radical (unpaired) electrons. The van der Waals surface area contributed by atoms with Crippen molar-refractivity contribution in [1.82, 2.24) is 0 Å². The van der Waals surface area contributed by atoms with Crippen molar-refractivity contribution < 1.29 is 4.74 Å². The molecule has 0 amide bonds. The molecule has 1 nitrogen and oxygen atoms in total. The molecule has 0 saturated heterocycles. The van der Waals surface area contributed by atoms with Crippen LogP contribution in [0, 0.1) is 17.3 Å². The van der Waals surface area contributed by atoms with E-state index >= 15 is 0 Å². The fourth-order valence-electron chi connectivity index (χ4n) is 4.84. The van der Waals surface area contributed by atoms with E-state index in [1.807, 2.05) is 0 Å². The highest BCUT2D eigenvalue weighted by Crippen LogP contribution is 2.58. The van der Waals surface area contributed by atoms with Gasteiger partial charge in [-0.05, 0) is 66.2 Å². The van der Waals surface area contributed by atoms with Gasteiger partial charge in [-0.1, -0.05) is 38.3 Å². The topological polar surface area (TPSA) is 9.23 Å². The van der Waals surface area contributed by atoms with E-state index < -0.39 is 0 Å². The number of fused-ring (bicyclic) bond motifs is 3. The second-order valence-electron chi connectivity index (χ2n) is 6.90. The number of benzene rings is 1. The summed E-state index contributed by atoms with van der Waals surface area (Å²) in [7, 11) is 0.